The van der Waals surface area contributed by atoms with Crippen LogP contribution in [-0.2, 0) is 0 Å². The maximum absolute atomic E-state index is 13.2. The van der Waals surface area contributed by atoms with Gasteiger partial charge in [-0.15, -0.1) is 0 Å². The maximum atomic E-state index is 13.2. The molecule has 0 N–H and O–H groups in total. The highest BCUT2D eigenvalue weighted by molar-refractivity contribution is 7.81. The fourth-order valence-corrected chi connectivity index (χ4v) is 4.69. The zero-order valence-electron chi connectivity index (χ0n) is 18.4. The van der Waals surface area contributed by atoms with Crippen LogP contribution in [0.3, 0.4) is 0 Å². The first kappa shape index (κ1) is 22.5. The normalized spacial score (nSPS) is 15.3. The van der Waals surface area contributed by atoms with E-state index in [1.54, 1.807) is 9.80 Å². The fraction of sp³-hybridized carbons (Fsp3) is 0.417. The van der Waals surface area contributed by atoms with E-state index in [0.29, 0.717) is 46.0 Å². The lowest BCUT2D eigenvalue weighted by Gasteiger charge is -2.35. The molecular formula is C24H28N2O2S2. The van der Waals surface area contributed by atoms with E-state index in [1.807, 2.05) is 38.1 Å². The molecule has 6 heteroatoms. The summed E-state index contributed by atoms with van der Waals surface area (Å²) in [6, 6.07) is 7.43. The molecule has 0 atom stereocenters. The SMILES string of the molecule is CC.CC(C)CN1C(=O)c2ccc3c4c(ccc(c24)C1=S)C(=O)N(CC(C)C)C3=S. The van der Waals surface area contributed by atoms with Gasteiger partial charge >= 0.3 is 0 Å². The Bertz CT molecular complexity index is 917. The Labute approximate surface area is 189 Å². The zero-order chi connectivity index (χ0) is 22.3. The molecule has 0 unspecified atom stereocenters. The number of hydrogen-bond acceptors (Lipinski definition) is 4. The summed E-state index contributed by atoms with van der Waals surface area (Å²) in [5.74, 6) is 0.404. The predicted octanol–water partition coefficient (Wildman–Crippen LogP) is 5.44. The monoisotopic (exact) mass is 440 g/mol. The molecule has 0 aromatic heterocycles. The van der Waals surface area contributed by atoms with Crippen molar-refractivity contribution in [3.05, 3.63) is 46.5 Å². The van der Waals surface area contributed by atoms with Crippen molar-refractivity contribution in [2.24, 2.45) is 11.8 Å². The molecule has 2 aliphatic rings. The molecule has 2 amide bonds. The standard InChI is InChI=1S/C22H22N2O2S2.C2H6/c1-11(2)9-23-19(25)13-5-8-16-18-14(6-7-15(17(13)18)21(23)27)20(26)24(22(16)28)10-12(3)4;1-2/h5-8,11-12H,9-10H2,1-4H3;1-2H3. The smallest absolute Gasteiger partial charge is 0.259 e. The predicted molar refractivity (Wildman–Crippen MR) is 130 cm³/mol. The Balaban J connectivity index is 0.00000124. The van der Waals surface area contributed by atoms with E-state index in [2.05, 4.69) is 27.7 Å². The molecule has 4 rings (SSSR count). The van der Waals surface area contributed by atoms with Crippen LogP contribution in [0.5, 0.6) is 0 Å². The van der Waals surface area contributed by atoms with Crippen LogP contribution in [0.15, 0.2) is 24.3 Å². The van der Waals surface area contributed by atoms with Crippen LogP contribution >= 0.6 is 24.4 Å². The van der Waals surface area contributed by atoms with Crippen molar-refractivity contribution >= 4 is 57.0 Å². The lowest BCUT2D eigenvalue weighted by Crippen LogP contribution is -2.44. The third-order valence-electron chi connectivity index (χ3n) is 5.16. The van der Waals surface area contributed by atoms with Crippen LogP contribution in [0, 0.1) is 11.8 Å². The lowest BCUT2D eigenvalue weighted by atomic mass is 9.86. The van der Waals surface area contributed by atoms with Gasteiger partial charge in [0.05, 0.1) is 0 Å². The Morgan fingerprint density at radius 2 is 0.967 bits per heavy atom. The van der Waals surface area contributed by atoms with Crippen molar-refractivity contribution in [1.29, 1.82) is 0 Å². The first-order valence-electron chi connectivity index (χ1n) is 10.5. The van der Waals surface area contributed by atoms with Gasteiger partial charge in [0.15, 0.2) is 0 Å². The van der Waals surface area contributed by atoms with Gasteiger partial charge in [-0.25, -0.2) is 0 Å². The number of benzene rings is 2. The van der Waals surface area contributed by atoms with E-state index in [1.165, 1.54) is 0 Å². The molecule has 0 saturated carbocycles. The molecule has 2 aliphatic heterocycles. The van der Waals surface area contributed by atoms with Gasteiger partial charge in [-0.05, 0) is 24.0 Å². The average Bonchev–Trinajstić information content (AvgIpc) is 2.72. The number of carbonyl (C=O) groups is 2. The third kappa shape index (κ3) is 3.46. The minimum absolute atomic E-state index is 0.0992. The van der Waals surface area contributed by atoms with Gasteiger partial charge in [-0.2, -0.15) is 0 Å². The number of thiocarbonyl (C=S) groups is 2. The van der Waals surface area contributed by atoms with Crippen molar-refractivity contribution < 1.29 is 9.59 Å². The van der Waals surface area contributed by atoms with E-state index < -0.39 is 0 Å². The Kier molecular flexibility index (Phi) is 6.39. The van der Waals surface area contributed by atoms with E-state index >= 15 is 0 Å². The van der Waals surface area contributed by atoms with E-state index in [-0.39, 0.29) is 11.8 Å². The molecule has 2 heterocycles. The van der Waals surface area contributed by atoms with Crippen molar-refractivity contribution in [2.45, 2.75) is 41.5 Å². The number of rotatable bonds is 4. The summed E-state index contributed by atoms with van der Waals surface area (Å²) in [6.45, 7) is 13.4. The number of amides is 2. The minimum atomic E-state index is -0.0992. The topological polar surface area (TPSA) is 40.6 Å². The van der Waals surface area contributed by atoms with Gasteiger partial charge in [0.2, 0.25) is 0 Å². The van der Waals surface area contributed by atoms with Crippen LogP contribution in [0.2, 0.25) is 0 Å². The molecular weight excluding hydrogens is 412 g/mol. The summed E-state index contributed by atoms with van der Waals surface area (Å²) < 4.78 is 0. The van der Waals surface area contributed by atoms with Crippen LogP contribution in [0.25, 0.3) is 10.8 Å². The summed E-state index contributed by atoms with van der Waals surface area (Å²) in [5, 5.41) is 1.54. The van der Waals surface area contributed by atoms with Crippen molar-refractivity contribution in [3.8, 4) is 0 Å². The molecule has 158 valence electrons. The van der Waals surface area contributed by atoms with Crippen LogP contribution in [0.4, 0.5) is 0 Å². The van der Waals surface area contributed by atoms with Gasteiger partial charge in [0.1, 0.15) is 9.98 Å². The van der Waals surface area contributed by atoms with Crippen molar-refractivity contribution in [2.75, 3.05) is 13.1 Å². The summed E-state index contributed by atoms with van der Waals surface area (Å²) in [7, 11) is 0. The highest BCUT2D eigenvalue weighted by atomic mass is 32.1. The fourth-order valence-electron chi connectivity index (χ4n) is 4.04. The molecule has 4 nitrogen and oxygen atoms in total. The highest BCUT2D eigenvalue weighted by Crippen LogP contribution is 2.38. The van der Waals surface area contributed by atoms with E-state index in [4.69, 9.17) is 24.4 Å². The zero-order valence-corrected chi connectivity index (χ0v) is 20.0. The molecule has 0 spiro atoms. The maximum Gasteiger partial charge on any atom is 0.259 e. The molecule has 30 heavy (non-hydrogen) atoms. The van der Waals surface area contributed by atoms with Gasteiger partial charge in [-0.1, -0.05) is 78.1 Å². The van der Waals surface area contributed by atoms with Gasteiger partial charge in [-0.3, -0.25) is 19.4 Å². The van der Waals surface area contributed by atoms with E-state index in [0.717, 1.165) is 21.9 Å². The molecule has 0 saturated heterocycles. The average molecular weight is 441 g/mol. The number of nitrogens with zero attached hydrogens (tertiary/aromatic N) is 2. The van der Waals surface area contributed by atoms with Gasteiger partial charge < -0.3 is 0 Å². The third-order valence-corrected chi connectivity index (χ3v) is 6.04. The number of hydrogen-bond donors (Lipinski definition) is 0. The van der Waals surface area contributed by atoms with Gasteiger partial charge in [0.25, 0.3) is 11.8 Å². The van der Waals surface area contributed by atoms with Crippen LogP contribution in [0.1, 0.15) is 73.4 Å². The molecule has 0 fully saturated rings. The summed E-state index contributed by atoms with van der Waals surface area (Å²) in [6.07, 6.45) is 0. The lowest BCUT2D eigenvalue weighted by molar-refractivity contribution is 0.0827. The van der Waals surface area contributed by atoms with Gasteiger partial charge in [0, 0.05) is 46.1 Å². The second-order valence-electron chi connectivity index (χ2n) is 8.30. The minimum Gasteiger partial charge on any atom is -0.298 e. The quantitative estimate of drug-likeness (QED) is 0.594. The summed E-state index contributed by atoms with van der Waals surface area (Å²) in [4.78, 5) is 30.7. The first-order valence-corrected chi connectivity index (χ1v) is 11.4. The molecule has 0 radical (unpaired) electrons. The first-order chi connectivity index (χ1) is 14.2. The number of carbonyl (C=O) groups excluding carboxylic acids is 2. The second kappa shape index (κ2) is 8.52. The highest BCUT2D eigenvalue weighted by Gasteiger charge is 2.37. The largest absolute Gasteiger partial charge is 0.298 e. The Hall–Kier alpha value is -2.18. The van der Waals surface area contributed by atoms with Crippen molar-refractivity contribution in [3.63, 3.8) is 0 Å². The second-order valence-corrected chi connectivity index (χ2v) is 9.07. The molecule has 0 aliphatic carbocycles. The Morgan fingerprint density at radius 1 is 0.667 bits per heavy atom. The van der Waals surface area contributed by atoms with Crippen LogP contribution in [-0.4, -0.2) is 44.7 Å². The molecule has 0 bridgehead atoms. The summed E-state index contributed by atoms with van der Waals surface area (Å²) in [5.41, 5.74) is 2.85. The molecule has 2 aromatic rings. The molecule has 2 aromatic carbocycles. The Morgan fingerprint density at radius 3 is 1.27 bits per heavy atom. The summed E-state index contributed by atoms with van der Waals surface area (Å²) >= 11 is 11.3. The van der Waals surface area contributed by atoms with Crippen LogP contribution < -0.4 is 0 Å². The van der Waals surface area contributed by atoms with E-state index in [9.17, 15) is 9.59 Å². The van der Waals surface area contributed by atoms with Crippen molar-refractivity contribution in [1.82, 2.24) is 9.80 Å².